The molecule has 0 aromatic heterocycles. The molecule has 5 heteroatoms. The van der Waals surface area contributed by atoms with Crippen molar-refractivity contribution in [3.05, 3.63) is 42.0 Å². The lowest BCUT2D eigenvalue weighted by atomic mass is 10.1. The van der Waals surface area contributed by atoms with E-state index in [0.717, 1.165) is 12.0 Å². The number of amidine groups is 1. The predicted octanol–water partition coefficient (Wildman–Crippen LogP) is 1.84. The minimum atomic E-state index is 0.0397. The third kappa shape index (κ3) is 4.30. The van der Waals surface area contributed by atoms with E-state index in [1.54, 1.807) is 7.11 Å². The molecular weight excluding hydrogens is 242 g/mol. The molecule has 0 spiro atoms. The van der Waals surface area contributed by atoms with Crippen molar-refractivity contribution in [2.45, 2.75) is 25.9 Å². The summed E-state index contributed by atoms with van der Waals surface area (Å²) in [5.41, 5.74) is 7.25. The van der Waals surface area contributed by atoms with Crippen LogP contribution in [0.15, 0.2) is 36.0 Å². The summed E-state index contributed by atoms with van der Waals surface area (Å²) in [6, 6.07) is 5.96. The zero-order valence-electron chi connectivity index (χ0n) is 11.4. The number of ether oxygens (including phenoxy) is 1. The van der Waals surface area contributed by atoms with Crippen molar-refractivity contribution in [1.82, 2.24) is 5.32 Å². The highest BCUT2D eigenvalue weighted by atomic mass is 16.5. The molecule has 0 aliphatic heterocycles. The maximum atomic E-state index is 8.77. The second-order valence-electron chi connectivity index (χ2n) is 4.33. The van der Waals surface area contributed by atoms with Gasteiger partial charge >= 0.3 is 0 Å². The molecular formula is C14H21N3O2. The van der Waals surface area contributed by atoms with Crippen molar-refractivity contribution in [3.8, 4) is 5.75 Å². The highest BCUT2D eigenvalue weighted by molar-refractivity contribution is 5.99. The van der Waals surface area contributed by atoms with E-state index in [1.807, 2.05) is 24.3 Å². The van der Waals surface area contributed by atoms with E-state index in [9.17, 15) is 0 Å². The van der Waals surface area contributed by atoms with Gasteiger partial charge in [-0.1, -0.05) is 17.3 Å². The van der Waals surface area contributed by atoms with E-state index in [0.29, 0.717) is 23.9 Å². The molecule has 1 rings (SSSR count). The number of benzene rings is 1. The summed E-state index contributed by atoms with van der Waals surface area (Å²) in [5, 5.41) is 15.1. The lowest BCUT2D eigenvalue weighted by molar-refractivity contribution is 0.318. The second-order valence-corrected chi connectivity index (χ2v) is 4.33. The first-order valence-electron chi connectivity index (χ1n) is 6.11. The van der Waals surface area contributed by atoms with Crippen LogP contribution in [0, 0.1) is 0 Å². The van der Waals surface area contributed by atoms with E-state index < -0.39 is 0 Å². The minimum Gasteiger partial charge on any atom is -0.496 e. The Balaban J connectivity index is 2.83. The first-order chi connectivity index (χ1) is 9.12. The molecule has 0 bridgehead atoms. The first kappa shape index (κ1) is 15.0. The van der Waals surface area contributed by atoms with Gasteiger partial charge in [0.15, 0.2) is 5.84 Å². The number of oxime groups is 1. The van der Waals surface area contributed by atoms with Gasteiger partial charge in [-0.2, -0.15) is 0 Å². The van der Waals surface area contributed by atoms with Gasteiger partial charge in [0, 0.05) is 12.6 Å². The van der Waals surface area contributed by atoms with E-state index in [2.05, 4.69) is 24.0 Å². The standard InChI is InChI=1S/C14H21N3O2/c1-4-5-10(2)16-9-11-6-7-13(19-3)12(8-11)14(15)17-18/h4,6-8,10,16,18H,1,5,9H2,2-3H3,(H2,15,17). The Hall–Kier alpha value is -2.01. The van der Waals surface area contributed by atoms with Crippen LogP contribution < -0.4 is 15.8 Å². The average Bonchev–Trinajstić information content (AvgIpc) is 2.44. The minimum absolute atomic E-state index is 0.0397. The molecule has 1 atom stereocenters. The van der Waals surface area contributed by atoms with Crippen LogP contribution in [-0.4, -0.2) is 24.2 Å². The lowest BCUT2D eigenvalue weighted by Crippen LogP contribution is -2.25. The molecule has 0 aliphatic rings. The molecule has 0 fully saturated rings. The smallest absolute Gasteiger partial charge is 0.173 e. The largest absolute Gasteiger partial charge is 0.496 e. The van der Waals surface area contributed by atoms with E-state index in [4.69, 9.17) is 15.7 Å². The summed E-state index contributed by atoms with van der Waals surface area (Å²) in [4.78, 5) is 0. The van der Waals surface area contributed by atoms with Gasteiger partial charge in [0.2, 0.25) is 0 Å². The summed E-state index contributed by atoms with van der Waals surface area (Å²) in [7, 11) is 1.55. The Bertz CT molecular complexity index is 458. The lowest BCUT2D eigenvalue weighted by Gasteiger charge is -2.13. The van der Waals surface area contributed by atoms with Crippen LogP contribution >= 0.6 is 0 Å². The average molecular weight is 263 g/mol. The van der Waals surface area contributed by atoms with Crippen molar-refractivity contribution < 1.29 is 9.94 Å². The van der Waals surface area contributed by atoms with Gasteiger partial charge in [-0.3, -0.25) is 0 Å². The molecule has 0 saturated heterocycles. The zero-order chi connectivity index (χ0) is 14.3. The molecule has 0 amide bonds. The van der Waals surface area contributed by atoms with Gasteiger partial charge in [0.05, 0.1) is 12.7 Å². The van der Waals surface area contributed by atoms with Gasteiger partial charge in [-0.25, -0.2) is 0 Å². The third-order valence-electron chi connectivity index (χ3n) is 2.82. The quantitative estimate of drug-likeness (QED) is 0.230. The number of methoxy groups -OCH3 is 1. The van der Waals surface area contributed by atoms with Gasteiger partial charge < -0.3 is 21.0 Å². The Kier molecular flexibility index (Phi) is 5.89. The SMILES string of the molecule is C=CCC(C)NCc1ccc(OC)c(/C(N)=N/O)c1. The molecule has 0 aliphatic carbocycles. The van der Waals surface area contributed by atoms with Crippen molar-refractivity contribution in [2.75, 3.05) is 7.11 Å². The first-order valence-corrected chi connectivity index (χ1v) is 6.11. The number of hydrogen-bond acceptors (Lipinski definition) is 4. The molecule has 4 N–H and O–H groups in total. The van der Waals surface area contributed by atoms with Crippen LogP contribution in [0.1, 0.15) is 24.5 Å². The van der Waals surface area contributed by atoms with Crippen molar-refractivity contribution in [1.29, 1.82) is 0 Å². The monoisotopic (exact) mass is 263 g/mol. The van der Waals surface area contributed by atoms with E-state index in [1.165, 1.54) is 0 Å². The van der Waals surface area contributed by atoms with Crippen LogP contribution in [0.25, 0.3) is 0 Å². The van der Waals surface area contributed by atoms with Crippen LogP contribution in [0.5, 0.6) is 5.75 Å². The zero-order valence-corrected chi connectivity index (χ0v) is 11.4. The van der Waals surface area contributed by atoms with Gasteiger partial charge in [0.1, 0.15) is 5.75 Å². The van der Waals surface area contributed by atoms with Crippen molar-refractivity contribution in [2.24, 2.45) is 10.9 Å². The normalized spacial score (nSPS) is 13.1. The summed E-state index contributed by atoms with van der Waals surface area (Å²) in [5.74, 6) is 0.621. The molecule has 1 aromatic rings. The molecule has 19 heavy (non-hydrogen) atoms. The van der Waals surface area contributed by atoms with Gasteiger partial charge in [-0.15, -0.1) is 6.58 Å². The fourth-order valence-electron chi connectivity index (χ4n) is 1.74. The second kappa shape index (κ2) is 7.43. The Morgan fingerprint density at radius 2 is 2.37 bits per heavy atom. The highest BCUT2D eigenvalue weighted by Crippen LogP contribution is 2.19. The van der Waals surface area contributed by atoms with Crippen molar-refractivity contribution in [3.63, 3.8) is 0 Å². The Morgan fingerprint density at radius 3 is 2.95 bits per heavy atom. The summed E-state index contributed by atoms with van der Waals surface area (Å²) in [6.45, 7) is 6.50. The molecule has 0 saturated carbocycles. The summed E-state index contributed by atoms with van der Waals surface area (Å²) < 4.78 is 5.18. The van der Waals surface area contributed by atoms with Crippen LogP contribution in [-0.2, 0) is 6.54 Å². The fourth-order valence-corrected chi connectivity index (χ4v) is 1.74. The topological polar surface area (TPSA) is 79.9 Å². The summed E-state index contributed by atoms with van der Waals surface area (Å²) in [6.07, 6.45) is 2.79. The predicted molar refractivity (Wildman–Crippen MR) is 76.6 cm³/mol. The number of nitrogens with zero attached hydrogens (tertiary/aromatic N) is 1. The summed E-state index contributed by atoms with van der Waals surface area (Å²) >= 11 is 0. The third-order valence-corrected chi connectivity index (χ3v) is 2.82. The van der Waals surface area contributed by atoms with Crippen LogP contribution in [0.2, 0.25) is 0 Å². The number of rotatable bonds is 7. The number of nitrogens with two attached hydrogens (primary N) is 1. The van der Waals surface area contributed by atoms with E-state index in [-0.39, 0.29) is 5.84 Å². The Morgan fingerprint density at radius 1 is 1.63 bits per heavy atom. The van der Waals surface area contributed by atoms with Crippen LogP contribution in [0.3, 0.4) is 0 Å². The molecule has 104 valence electrons. The maximum absolute atomic E-state index is 8.77. The van der Waals surface area contributed by atoms with E-state index >= 15 is 0 Å². The number of hydrogen-bond donors (Lipinski definition) is 3. The maximum Gasteiger partial charge on any atom is 0.173 e. The van der Waals surface area contributed by atoms with Gasteiger partial charge in [-0.05, 0) is 31.0 Å². The fraction of sp³-hybridized carbons (Fsp3) is 0.357. The van der Waals surface area contributed by atoms with Gasteiger partial charge in [0.25, 0.3) is 0 Å². The Labute approximate surface area is 113 Å². The highest BCUT2D eigenvalue weighted by Gasteiger charge is 2.09. The molecule has 0 heterocycles. The van der Waals surface area contributed by atoms with Crippen molar-refractivity contribution >= 4 is 5.84 Å². The molecule has 0 radical (unpaired) electrons. The molecule has 1 unspecified atom stereocenters. The van der Waals surface area contributed by atoms with Crippen LogP contribution in [0.4, 0.5) is 0 Å². The molecule has 5 nitrogen and oxygen atoms in total. The number of nitrogens with one attached hydrogen (secondary N) is 1. The molecule has 1 aromatic carbocycles.